The van der Waals surface area contributed by atoms with Gasteiger partial charge in [-0.25, -0.2) is 0 Å². The van der Waals surface area contributed by atoms with Gasteiger partial charge in [0, 0.05) is 18.3 Å². The van der Waals surface area contributed by atoms with E-state index in [0.29, 0.717) is 18.5 Å². The zero-order valence-corrected chi connectivity index (χ0v) is 10.6. The number of nitrogens with two attached hydrogens (primary N) is 1. The maximum absolute atomic E-state index is 9.80. The third-order valence-corrected chi connectivity index (χ3v) is 3.59. The molecule has 2 unspecified atom stereocenters. The lowest BCUT2D eigenvalue weighted by Crippen LogP contribution is -2.32. The van der Waals surface area contributed by atoms with Gasteiger partial charge in [0.05, 0.1) is 6.10 Å². The molecule has 1 aliphatic rings. The first kappa shape index (κ1) is 12.4. The van der Waals surface area contributed by atoms with E-state index in [0.717, 1.165) is 18.5 Å². The Bertz CT molecular complexity index is 390. The number of aryl methyl sites for hydroxylation is 1. The van der Waals surface area contributed by atoms with Gasteiger partial charge < -0.3 is 16.2 Å². The van der Waals surface area contributed by atoms with E-state index in [1.54, 1.807) is 0 Å². The highest BCUT2D eigenvalue weighted by atomic mass is 16.3. The minimum absolute atomic E-state index is 0.271. The molecule has 3 nitrogen and oxygen atoms in total. The lowest BCUT2D eigenvalue weighted by Gasteiger charge is -2.19. The average Bonchev–Trinajstić information content (AvgIpc) is 2.67. The first-order chi connectivity index (χ1) is 8.08. The number of rotatable bonds is 4. The molecule has 0 aliphatic heterocycles. The first-order valence-corrected chi connectivity index (χ1v) is 6.37. The molecule has 0 spiro atoms. The highest BCUT2D eigenvalue weighted by Gasteiger charge is 2.22. The highest BCUT2D eigenvalue weighted by molar-refractivity contribution is 5.47. The first-order valence-electron chi connectivity index (χ1n) is 6.37. The van der Waals surface area contributed by atoms with Crippen molar-refractivity contribution in [3.8, 4) is 0 Å². The zero-order valence-electron chi connectivity index (χ0n) is 10.6. The Morgan fingerprint density at radius 1 is 1.47 bits per heavy atom. The van der Waals surface area contributed by atoms with Crippen LogP contribution in [0.1, 0.15) is 37.4 Å². The number of aliphatic hydroxyl groups is 1. The lowest BCUT2D eigenvalue weighted by molar-refractivity contribution is 0.120. The van der Waals surface area contributed by atoms with Crippen molar-refractivity contribution in [1.82, 2.24) is 5.32 Å². The Balaban J connectivity index is 1.98. The normalized spacial score (nSPS) is 20.6. The van der Waals surface area contributed by atoms with Crippen LogP contribution < -0.4 is 11.1 Å². The second kappa shape index (κ2) is 5.07. The standard InChI is InChI=1S/C14H22N2O/c1-9(2)14(17)8-16-13-6-3-10-7-11(15)4-5-12(10)13/h4-5,7,9,13-14,16-17H,3,6,8,15H2,1-2H3. The van der Waals surface area contributed by atoms with E-state index in [1.807, 2.05) is 19.9 Å². The van der Waals surface area contributed by atoms with Gasteiger partial charge in [-0.1, -0.05) is 19.9 Å². The summed E-state index contributed by atoms with van der Waals surface area (Å²) in [6.07, 6.45) is 1.91. The fourth-order valence-electron chi connectivity index (χ4n) is 2.35. The number of nitrogens with one attached hydrogen (secondary N) is 1. The molecule has 4 N–H and O–H groups in total. The Labute approximate surface area is 103 Å². The predicted octanol–water partition coefficient (Wildman–Crippen LogP) is 1.86. The van der Waals surface area contributed by atoms with Crippen LogP contribution in [0, 0.1) is 5.92 Å². The van der Waals surface area contributed by atoms with Gasteiger partial charge in [-0.3, -0.25) is 0 Å². The number of aliphatic hydroxyl groups excluding tert-OH is 1. The lowest BCUT2D eigenvalue weighted by atomic mass is 10.1. The molecule has 0 bridgehead atoms. The summed E-state index contributed by atoms with van der Waals surface area (Å²) in [4.78, 5) is 0. The molecule has 0 heterocycles. The molecule has 0 saturated heterocycles. The highest BCUT2D eigenvalue weighted by Crippen LogP contribution is 2.32. The van der Waals surface area contributed by atoms with E-state index < -0.39 is 0 Å². The Hall–Kier alpha value is -1.06. The molecular formula is C14H22N2O. The van der Waals surface area contributed by atoms with Crippen LogP contribution in [-0.4, -0.2) is 17.8 Å². The van der Waals surface area contributed by atoms with E-state index in [1.165, 1.54) is 11.1 Å². The monoisotopic (exact) mass is 234 g/mol. The fraction of sp³-hybridized carbons (Fsp3) is 0.571. The van der Waals surface area contributed by atoms with Crippen molar-refractivity contribution in [2.45, 2.75) is 38.8 Å². The summed E-state index contributed by atoms with van der Waals surface area (Å²) in [6.45, 7) is 4.73. The SMILES string of the molecule is CC(C)C(O)CNC1CCc2cc(N)ccc21. The smallest absolute Gasteiger partial charge is 0.0687 e. The molecule has 1 aromatic carbocycles. The molecule has 0 amide bonds. The fourth-order valence-corrected chi connectivity index (χ4v) is 2.35. The van der Waals surface area contributed by atoms with E-state index in [9.17, 15) is 5.11 Å². The summed E-state index contributed by atoms with van der Waals surface area (Å²) in [7, 11) is 0. The summed E-state index contributed by atoms with van der Waals surface area (Å²) in [5.41, 5.74) is 9.31. The largest absolute Gasteiger partial charge is 0.399 e. The van der Waals surface area contributed by atoms with Crippen LogP contribution in [0.2, 0.25) is 0 Å². The van der Waals surface area contributed by atoms with Crippen molar-refractivity contribution in [2.24, 2.45) is 5.92 Å². The Morgan fingerprint density at radius 2 is 2.24 bits per heavy atom. The van der Waals surface area contributed by atoms with Gasteiger partial charge in [-0.05, 0) is 42.0 Å². The van der Waals surface area contributed by atoms with Gasteiger partial charge in [0.15, 0.2) is 0 Å². The summed E-state index contributed by atoms with van der Waals surface area (Å²) >= 11 is 0. The number of anilines is 1. The van der Waals surface area contributed by atoms with Gasteiger partial charge in [-0.15, -0.1) is 0 Å². The van der Waals surface area contributed by atoms with Gasteiger partial charge in [0.1, 0.15) is 0 Å². The second-order valence-electron chi connectivity index (χ2n) is 5.27. The Morgan fingerprint density at radius 3 is 2.94 bits per heavy atom. The third-order valence-electron chi connectivity index (χ3n) is 3.59. The quantitative estimate of drug-likeness (QED) is 0.697. The molecule has 0 aromatic heterocycles. The molecule has 0 saturated carbocycles. The van der Waals surface area contributed by atoms with E-state index >= 15 is 0 Å². The number of nitrogen functional groups attached to an aromatic ring is 1. The van der Waals surface area contributed by atoms with Crippen LogP contribution >= 0.6 is 0 Å². The zero-order chi connectivity index (χ0) is 12.4. The molecule has 1 aromatic rings. The third kappa shape index (κ3) is 2.79. The number of benzene rings is 1. The van der Waals surface area contributed by atoms with Crippen LogP contribution in [0.25, 0.3) is 0 Å². The minimum Gasteiger partial charge on any atom is -0.399 e. The molecular weight excluding hydrogens is 212 g/mol. The summed E-state index contributed by atoms with van der Waals surface area (Å²) in [6, 6.07) is 6.50. The average molecular weight is 234 g/mol. The van der Waals surface area contributed by atoms with Gasteiger partial charge in [-0.2, -0.15) is 0 Å². The molecule has 0 radical (unpaired) electrons. The van der Waals surface area contributed by atoms with Crippen LogP contribution in [0.3, 0.4) is 0 Å². The van der Waals surface area contributed by atoms with Crippen LogP contribution in [0.4, 0.5) is 5.69 Å². The van der Waals surface area contributed by atoms with Gasteiger partial charge in [0.2, 0.25) is 0 Å². The maximum Gasteiger partial charge on any atom is 0.0687 e. The van der Waals surface area contributed by atoms with Crippen molar-refractivity contribution in [3.63, 3.8) is 0 Å². The van der Waals surface area contributed by atoms with Crippen LogP contribution in [0.5, 0.6) is 0 Å². The van der Waals surface area contributed by atoms with Crippen molar-refractivity contribution in [3.05, 3.63) is 29.3 Å². The number of hydrogen-bond donors (Lipinski definition) is 3. The summed E-state index contributed by atoms with van der Waals surface area (Å²) in [5.74, 6) is 0.301. The molecule has 3 heteroatoms. The topological polar surface area (TPSA) is 58.3 Å². The predicted molar refractivity (Wildman–Crippen MR) is 70.8 cm³/mol. The molecule has 1 aliphatic carbocycles. The van der Waals surface area contributed by atoms with Crippen LogP contribution in [-0.2, 0) is 6.42 Å². The van der Waals surface area contributed by atoms with Gasteiger partial charge in [0.25, 0.3) is 0 Å². The second-order valence-corrected chi connectivity index (χ2v) is 5.27. The van der Waals surface area contributed by atoms with Crippen LogP contribution in [0.15, 0.2) is 18.2 Å². The summed E-state index contributed by atoms with van der Waals surface area (Å²) < 4.78 is 0. The maximum atomic E-state index is 9.80. The summed E-state index contributed by atoms with van der Waals surface area (Å²) in [5, 5.41) is 13.2. The van der Waals surface area contributed by atoms with Crippen molar-refractivity contribution in [2.75, 3.05) is 12.3 Å². The van der Waals surface area contributed by atoms with E-state index in [-0.39, 0.29) is 6.10 Å². The molecule has 2 atom stereocenters. The number of hydrogen-bond acceptors (Lipinski definition) is 3. The van der Waals surface area contributed by atoms with Crippen molar-refractivity contribution >= 4 is 5.69 Å². The molecule has 2 rings (SSSR count). The molecule has 94 valence electrons. The van der Waals surface area contributed by atoms with Gasteiger partial charge >= 0.3 is 0 Å². The molecule has 0 fully saturated rings. The van der Waals surface area contributed by atoms with E-state index in [4.69, 9.17) is 5.73 Å². The minimum atomic E-state index is -0.271. The number of fused-ring (bicyclic) bond motifs is 1. The molecule has 17 heavy (non-hydrogen) atoms. The van der Waals surface area contributed by atoms with Crippen molar-refractivity contribution in [1.29, 1.82) is 0 Å². The Kier molecular flexibility index (Phi) is 3.69. The van der Waals surface area contributed by atoms with Crippen molar-refractivity contribution < 1.29 is 5.11 Å². The van der Waals surface area contributed by atoms with E-state index in [2.05, 4.69) is 17.4 Å².